The Bertz CT molecular complexity index is 900. The van der Waals surface area contributed by atoms with Gasteiger partial charge in [-0.15, -0.1) is 0 Å². The first kappa shape index (κ1) is 29.3. The summed E-state index contributed by atoms with van der Waals surface area (Å²) in [7, 11) is 1.66. The zero-order chi connectivity index (χ0) is 17.8. The molecule has 0 aliphatic heterocycles. The van der Waals surface area contributed by atoms with Crippen molar-refractivity contribution in [2.45, 2.75) is 34.6 Å². The predicted molar refractivity (Wildman–Crippen MR) is 119 cm³/mol. The minimum Gasteiger partial charge on any atom is -0.493 e. The monoisotopic (exact) mass is 444 g/mol. The van der Waals surface area contributed by atoms with Gasteiger partial charge in [0, 0.05) is 41.4 Å². The molecule has 0 spiro atoms. The molecule has 2 aromatic heterocycles. The number of aryl methyl sites for hydroxylation is 2. The molecular formula is C23H34N2NiO3. The largest absolute Gasteiger partial charge is 2.00 e. The summed E-state index contributed by atoms with van der Waals surface area (Å²) in [5.74, 6) is 1.66. The summed E-state index contributed by atoms with van der Waals surface area (Å²) in [4.78, 5) is 9.45. The molecule has 2 heterocycles. The quantitative estimate of drug-likeness (QED) is 0.201. The van der Waals surface area contributed by atoms with Crippen molar-refractivity contribution in [1.29, 1.82) is 0 Å². The number of methoxy groups -OCH3 is 1. The Kier molecular flexibility index (Phi) is 13.5. The van der Waals surface area contributed by atoms with Crippen molar-refractivity contribution in [3.63, 3.8) is 0 Å². The topological polar surface area (TPSA) is 53.5 Å². The molecule has 0 fully saturated rings. The Morgan fingerprint density at radius 1 is 0.793 bits per heavy atom. The molecular weight excluding hydrogens is 411 g/mol. The van der Waals surface area contributed by atoms with Crippen LogP contribution in [-0.4, -0.2) is 36.9 Å². The molecule has 1 aromatic carbocycles. The van der Waals surface area contributed by atoms with Crippen LogP contribution >= 0.6 is 0 Å². The summed E-state index contributed by atoms with van der Waals surface area (Å²) in [6.07, 6.45) is 0.964. The van der Waals surface area contributed by atoms with Crippen molar-refractivity contribution in [3.8, 4) is 11.5 Å². The average Bonchev–Trinajstić information content (AvgIpc) is 2.59. The van der Waals surface area contributed by atoms with Crippen molar-refractivity contribution in [1.82, 2.24) is 9.97 Å². The van der Waals surface area contributed by atoms with Gasteiger partial charge in [0.25, 0.3) is 0 Å². The third kappa shape index (κ3) is 6.55. The first-order valence-corrected chi connectivity index (χ1v) is 8.60. The fourth-order valence-corrected chi connectivity index (χ4v) is 2.84. The van der Waals surface area contributed by atoms with Crippen LogP contribution in [0, 0.1) is 28.7 Å². The van der Waals surface area contributed by atoms with E-state index in [1.165, 1.54) is 0 Å². The van der Waals surface area contributed by atoms with E-state index in [4.69, 9.17) is 24.2 Å². The number of rotatable bonds is 7. The summed E-state index contributed by atoms with van der Waals surface area (Å²) < 4.78 is 16.9. The Hall–Kier alpha value is -1.91. The second-order valence-corrected chi connectivity index (χ2v) is 6.07. The Morgan fingerprint density at radius 2 is 1.24 bits per heavy atom. The number of hydrogen-bond acceptors (Lipinski definition) is 5. The second-order valence-electron chi connectivity index (χ2n) is 6.07. The van der Waals surface area contributed by atoms with Crippen molar-refractivity contribution >= 4 is 21.8 Å². The number of hydrogen-bond donors (Lipinski definition) is 0. The number of nitrogens with zero attached hydrogens (tertiary/aromatic N) is 2. The van der Waals surface area contributed by atoms with Gasteiger partial charge in [0.1, 0.15) is 29.1 Å². The van der Waals surface area contributed by atoms with Crippen molar-refractivity contribution in [2.75, 3.05) is 26.9 Å². The summed E-state index contributed by atoms with van der Waals surface area (Å²) in [6, 6.07) is 8.00. The Labute approximate surface area is 186 Å². The minimum atomic E-state index is 0. The van der Waals surface area contributed by atoms with E-state index in [9.17, 15) is 0 Å². The molecule has 0 amide bonds. The van der Waals surface area contributed by atoms with Gasteiger partial charge < -0.3 is 29.1 Å². The summed E-state index contributed by atoms with van der Waals surface area (Å²) in [5.41, 5.74) is 3.50. The summed E-state index contributed by atoms with van der Waals surface area (Å²) >= 11 is 0. The zero-order valence-corrected chi connectivity index (χ0v) is 18.6. The third-order valence-electron chi connectivity index (χ3n) is 3.95. The maximum absolute atomic E-state index is 5.92. The van der Waals surface area contributed by atoms with Crippen LogP contribution in [0.5, 0.6) is 11.5 Å². The SMILES string of the molecule is C.CCCOc1cc(C)nc2c1ccc1c(OCCOC)cc(C)nc12.[CH3-].[CH3-].[Ni+2]. The van der Waals surface area contributed by atoms with Crippen molar-refractivity contribution in [3.05, 3.63) is 50.5 Å². The van der Waals surface area contributed by atoms with E-state index < -0.39 is 0 Å². The zero-order valence-electron chi connectivity index (χ0n) is 17.6. The van der Waals surface area contributed by atoms with Crippen molar-refractivity contribution < 1.29 is 30.7 Å². The van der Waals surface area contributed by atoms with Crippen molar-refractivity contribution in [2.24, 2.45) is 0 Å². The molecule has 164 valence electrons. The van der Waals surface area contributed by atoms with E-state index in [0.717, 1.165) is 51.1 Å². The van der Waals surface area contributed by atoms with Gasteiger partial charge in [0.15, 0.2) is 0 Å². The molecule has 3 aromatic rings. The fourth-order valence-electron chi connectivity index (χ4n) is 2.84. The molecule has 0 bridgehead atoms. The standard InChI is InChI=1S/C20H24N2O3.CH4.2CH3.Ni/c1-5-8-24-17-11-13(2)21-19-15(17)6-7-16-18(25-10-9-23-4)12-14(3)22-20(16)19;;;;/h6-7,11-12H,5,8-10H2,1-4H3;1H4;2*1H3;/q;;2*-1;+2. The second kappa shape index (κ2) is 13.3. The predicted octanol–water partition coefficient (Wildman–Crippen LogP) is 5.75. The molecule has 0 aliphatic carbocycles. The van der Waals surface area contributed by atoms with Gasteiger partial charge >= 0.3 is 16.5 Å². The molecule has 29 heavy (non-hydrogen) atoms. The molecule has 0 N–H and O–H groups in total. The van der Waals surface area contributed by atoms with Gasteiger partial charge in [-0.2, -0.15) is 0 Å². The number of aromatic nitrogens is 2. The minimum absolute atomic E-state index is 0. The van der Waals surface area contributed by atoms with Gasteiger partial charge in [0.05, 0.1) is 13.2 Å². The Balaban J connectivity index is 0. The first-order chi connectivity index (χ1) is 12.1. The normalized spacial score (nSPS) is 9.66. The van der Waals surface area contributed by atoms with Crippen LogP contribution in [0.3, 0.4) is 0 Å². The fraction of sp³-hybridized carbons (Fsp3) is 0.391. The van der Waals surface area contributed by atoms with Crippen LogP contribution in [0.2, 0.25) is 0 Å². The van der Waals surface area contributed by atoms with E-state index >= 15 is 0 Å². The molecule has 0 aliphatic rings. The van der Waals surface area contributed by atoms with Crippen LogP contribution in [-0.2, 0) is 21.2 Å². The van der Waals surface area contributed by atoms with Gasteiger partial charge in [-0.3, -0.25) is 9.97 Å². The van der Waals surface area contributed by atoms with Gasteiger partial charge in [-0.25, -0.2) is 0 Å². The number of pyridine rings is 2. The van der Waals surface area contributed by atoms with E-state index in [1.807, 2.05) is 38.1 Å². The van der Waals surface area contributed by atoms with Gasteiger partial charge in [-0.05, 0) is 32.4 Å². The van der Waals surface area contributed by atoms with Crippen LogP contribution < -0.4 is 9.47 Å². The van der Waals surface area contributed by atoms with Crippen LogP contribution in [0.15, 0.2) is 24.3 Å². The number of ether oxygens (including phenoxy) is 3. The molecule has 0 saturated carbocycles. The molecule has 3 rings (SSSR count). The Morgan fingerprint density at radius 3 is 1.66 bits per heavy atom. The molecule has 0 atom stereocenters. The maximum atomic E-state index is 5.92. The number of benzene rings is 1. The van der Waals surface area contributed by atoms with E-state index in [2.05, 4.69) is 6.92 Å². The number of fused-ring (bicyclic) bond motifs is 3. The smallest absolute Gasteiger partial charge is 0.493 e. The molecule has 0 radical (unpaired) electrons. The third-order valence-corrected chi connectivity index (χ3v) is 3.95. The summed E-state index contributed by atoms with van der Waals surface area (Å²) in [5, 5.41) is 1.93. The molecule has 6 heteroatoms. The van der Waals surface area contributed by atoms with E-state index in [1.54, 1.807) is 7.11 Å². The van der Waals surface area contributed by atoms with Gasteiger partial charge in [-0.1, -0.05) is 14.4 Å². The molecule has 5 nitrogen and oxygen atoms in total. The van der Waals surface area contributed by atoms with E-state index in [-0.39, 0.29) is 38.8 Å². The van der Waals surface area contributed by atoms with Gasteiger partial charge in [0.2, 0.25) is 0 Å². The van der Waals surface area contributed by atoms with Crippen LogP contribution in [0.4, 0.5) is 0 Å². The van der Waals surface area contributed by atoms with E-state index in [0.29, 0.717) is 19.8 Å². The average molecular weight is 445 g/mol. The van der Waals surface area contributed by atoms with Crippen LogP contribution in [0.25, 0.3) is 21.8 Å². The molecule has 0 saturated heterocycles. The molecule has 0 unspecified atom stereocenters. The maximum Gasteiger partial charge on any atom is 2.00 e. The first-order valence-electron chi connectivity index (χ1n) is 8.60. The van der Waals surface area contributed by atoms with Crippen LogP contribution in [0.1, 0.15) is 32.2 Å². The summed E-state index contributed by atoms with van der Waals surface area (Å²) in [6.45, 7) is 7.76.